The lowest BCUT2D eigenvalue weighted by atomic mass is 9.75. The van der Waals surface area contributed by atoms with Gasteiger partial charge >= 0.3 is 0 Å². The molecular weight excluding hydrogens is 220 g/mol. The molecule has 17 heavy (non-hydrogen) atoms. The molecule has 0 spiro atoms. The van der Waals surface area contributed by atoms with Crippen molar-refractivity contribution in [2.75, 3.05) is 0 Å². The Labute approximate surface area is 101 Å². The van der Waals surface area contributed by atoms with Crippen LogP contribution in [0.4, 0.5) is 8.78 Å². The van der Waals surface area contributed by atoms with Gasteiger partial charge in [0.15, 0.2) is 11.6 Å². The predicted octanol–water partition coefficient (Wildman–Crippen LogP) is 3.50. The van der Waals surface area contributed by atoms with E-state index in [1.807, 2.05) is 0 Å². The molecule has 0 saturated heterocycles. The maximum absolute atomic E-state index is 13.9. The van der Waals surface area contributed by atoms with Gasteiger partial charge < -0.3 is 5.73 Å². The van der Waals surface area contributed by atoms with E-state index < -0.39 is 11.6 Å². The summed E-state index contributed by atoms with van der Waals surface area (Å²) in [6.07, 6.45) is 2.81. The third kappa shape index (κ3) is 2.34. The Morgan fingerprint density at radius 3 is 2.59 bits per heavy atom. The summed E-state index contributed by atoms with van der Waals surface area (Å²) in [6.45, 7) is 3.72. The fraction of sp³-hybridized carbons (Fsp3) is 0.571. The molecule has 3 atom stereocenters. The zero-order chi connectivity index (χ0) is 12.6. The van der Waals surface area contributed by atoms with Crippen molar-refractivity contribution in [2.45, 2.75) is 45.1 Å². The van der Waals surface area contributed by atoms with Crippen molar-refractivity contribution in [3.8, 4) is 0 Å². The molecule has 1 saturated carbocycles. The summed E-state index contributed by atoms with van der Waals surface area (Å²) in [5.41, 5.74) is 6.84. The van der Waals surface area contributed by atoms with Crippen LogP contribution in [0.15, 0.2) is 12.1 Å². The van der Waals surface area contributed by atoms with Crippen molar-refractivity contribution in [3.05, 3.63) is 34.9 Å². The molecule has 1 aliphatic rings. The van der Waals surface area contributed by atoms with E-state index >= 15 is 0 Å². The summed E-state index contributed by atoms with van der Waals surface area (Å²) in [5, 5.41) is 0. The second-order valence-electron chi connectivity index (χ2n) is 5.29. The molecule has 1 fully saturated rings. The maximum Gasteiger partial charge on any atom is 0.162 e. The van der Waals surface area contributed by atoms with Gasteiger partial charge in [-0.05, 0) is 43.2 Å². The third-order valence-corrected chi connectivity index (χ3v) is 3.87. The van der Waals surface area contributed by atoms with Crippen molar-refractivity contribution < 1.29 is 8.78 Å². The molecule has 0 radical (unpaired) electrons. The van der Waals surface area contributed by atoms with Gasteiger partial charge in [-0.15, -0.1) is 0 Å². The molecule has 94 valence electrons. The van der Waals surface area contributed by atoms with Gasteiger partial charge in [0.25, 0.3) is 0 Å². The van der Waals surface area contributed by atoms with Crippen LogP contribution in [0.1, 0.15) is 43.2 Å². The summed E-state index contributed by atoms with van der Waals surface area (Å²) in [6, 6.07) is 3.28. The van der Waals surface area contributed by atoms with Crippen LogP contribution in [0.5, 0.6) is 0 Å². The average Bonchev–Trinajstić information content (AvgIpc) is 2.30. The first-order chi connectivity index (χ1) is 8.00. The summed E-state index contributed by atoms with van der Waals surface area (Å²) < 4.78 is 27.5. The topological polar surface area (TPSA) is 26.0 Å². The van der Waals surface area contributed by atoms with Gasteiger partial charge in [0.2, 0.25) is 0 Å². The van der Waals surface area contributed by atoms with Crippen molar-refractivity contribution >= 4 is 0 Å². The van der Waals surface area contributed by atoms with E-state index in [1.54, 1.807) is 19.1 Å². The molecule has 3 unspecified atom stereocenters. The Bertz CT molecular complexity index is 417. The van der Waals surface area contributed by atoms with Crippen LogP contribution in [0.3, 0.4) is 0 Å². The zero-order valence-electron chi connectivity index (χ0n) is 10.3. The predicted molar refractivity (Wildman–Crippen MR) is 64.8 cm³/mol. The van der Waals surface area contributed by atoms with E-state index in [0.717, 1.165) is 19.3 Å². The first-order valence-electron chi connectivity index (χ1n) is 6.20. The number of halogens is 2. The van der Waals surface area contributed by atoms with Gasteiger partial charge in [-0.3, -0.25) is 0 Å². The Hall–Kier alpha value is -0.960. The fourth-order valence-electron chi connectivity index (χ4n) is 2.71. The maximum atomic E-state index is 13.9. The largest absolute Gasteiger partial charge is 0.327 e. The first kappa shape index (κ1) is 12.5. The van der Waals surface area contributed by atoms with Crippen LogP contribution in [0.25, 0.3) is 0 Å². The molecule has 0 bridgehead atoms. The minimum absolute atomic E-state index is 0.0474. The van der Waals surface area contributed by atoms with E-state index in [2.05, 4.69) is 6.92 Å². The summed E-state index contributed by atoms with van der Waals surface area (Å²) in [7, 11) is 0. The van der Waals surface area contributed by atoms with Crippen molar-refractivity contribution in [1.82, 2.24) is 0 Å². The molecule has 0 aliphatic heterocycles. The van der Waals surface area contributed by atoms with Crippen molar-refractivity contribution in [3.63, 3.8) is 0 Å². The highest BCUT2D eigenvalue weighted by Crippen LogP contribution is 2.37. The van der Waals surface area contributed by atoms with Crippen LogP contribution in [-0.2, 0) is 0 Å². The summed E-state index contributed by atoms with van der Waals surface area (Å²) in [4.78, 5) is 0. The van der Waals surface area contributed by atoms with Crippen LogP contribution in [0.2, 0.25) is 0 Å². The smallest absolute Gasteiger partial charge is 0.162 e. The van der Waals surface area contributed by atoms with Crippen LogP contribution in [-0.4, -0.2) is 6.04 Å². The average molecular weight is 239 g/mol. The summed E-state index contributed by atoms with van der Waals surface area (Å²) in [5.74, 6) is -0.954. The Kier molecular flexibility index (Phi) is 3.48. The lowest BCUT2D eigenvalue weighted by molar-refractivity contribution is 0.299. The van der Waals surface area contributed by atoms with Gasteiger partial charge in [0, 0.05) is 12.0 Å². The highest BCUT2D eigenvalue weighted by Gasteiger charge is 2.30. The molecule has 1 nitrogen and oxygen atoms in total. The number of benzene rings is 1. The lowest BCUT2D eigenvalue weighted by Gasteiger charge is -2.33. The van der Waals surface area contributed by atoms with Crippen LogP contribution >= 0.6 is 0 Å². The summed E-state index contributed by atoms with van der Waals surface area (Å²) >= 11 is 0. The highest BCUT2D eigenvalue weighted by molar-refractivity contribution is 5.29. The van der Waals surface area contributed by atoms with Gasteiger partial charge in [0.05, 0.1) is 0 Å². The fourth-order valence-corrected chi connectivity index (χ4v) is 2.71. The van der Waals surface area contributed by atoms with Gasteiger partial charge in [0.1, 0.15) is 0 Å². The number of hydrogen-bond donors (Lipinski definition) is 1. The second-order valence-corrected chi connectivity index (χ2v) is 5.29. The zero-order valence-corrected chi connectivity index (χ0v) is 10.3. The van der Waals surface area contributed by atoms with Crippen molar-refractivity contribution in [1.29, 1.82) is 0 Å². The third-order valence-electron chi connectivity index (χ3n) is 3.87. The molecular formula is C14H19F2N. The Morgan fingerprint density at radius 1 is 1.18 bits per heavy atom. The van der Waals surface area contributed by atoms with E-state index in [4.69, 9.17) is 5.73 Å². The number of nitrogens with two attached hydrogens (primary N) is 1. The second kappa shape index (κ2) is 4.73. The van der Waals surface area contributed by atoms with E-state index in [0.29, 0.717) is 17.0 Å². The molecule has 2 N–H and O–H groups in total. The SMILES string of the molecule is Cc1ccc(C2CC(C)CCC2N)c(F)c1F. The quantitative estimate of drug-likeness (QED) is 0.797. The van der Waals surface area contributed by atoms with Gasteiger partial charge in [-0.1, -0.05) is 19.1 Å². The first-order valence-corrected chi connectivity index (χ1v) is 6.20. The highest BCUT2D eigenvalue weighted by atomic mass is 19.2. The molecule has 0 amide bonds. The van der Waals surface area contributed by atoms with Crippen LogP contribution < -0.4 is 5.73 Å². The molecule has 1 aliphatic carbocycles. The molecule has 2 rings (SSSR count). The Morgan fingerprint density at radius 2 is 1.88 bits per heavy atom. The minimum atomic E-state index is -0.729. The van der Waals surface area contributed by atoms with E-state index in [9.17, 15) is 8.78 Å². The standard InChI is InChI=1S/C14H19F2N/c1-8-3-6-12(17)11(7-8)10-5-4-9(2)13(15)14(10)16/h4-5,8,11-12H,3,6-7,17H2,1-2H3. The molecule has 3 heteroatoms. The minimum Gasteiger partial charge on any atom is -0.327 e. The normalized spacial score (nSPS) is 29.4. The van der Waals surface area contributed by atoms with Crippen LogP contribution in [0, 0.1) is 24.5 Å². The van der Waals surface area contributed by atoms with E-state index in [1.165, 1.54) is 0 Å². The lowest BCUT2D eigenvalue weighted by Crippen LogP contribution is -2.34. The number of rotatable bonds is 1. The Balaban J connectivity index is 2.36. The molecule has 0 aromatic heterocycles. The molecule has 0 heterocycles. The van der Waals surface area contributed by atoms with E-state index in [-0.39, 0.29) is 12.0 Å². The molecule has 1 aromatic carbocycles. The molecule has 1 aromatic rings. The number of hydrogen-bond acceptors (Lipinski definition) is 1. The van der Waals surface area contributed by atoms with Gasteiger partial charge in [-0.25, -0.2) is 8.78 Å². The van der Waals surface area contributed by atoms with Gasteiger partial charge in [-0.2, -0.15) is 0 Å². The number of aryl methyl sites for hydroxylation is 1. The monoisotopic (exact) mass is 239 g/mol. The van der Waals surface area contributed by atoms with Crippen molar-refractivity contribution in [2.24, 2.45) is 11.7 Å².